The summed E-state index contributed by atoms with van der Waals surface area (Å²) in [6, 6.07) is 34.8. The molecule has 1 saturated heterocycles. The lowest BCUT2D eigenvalue weighted by molar-refractivity contribution is 0.0204. The minimum Gasteiger partial charge on any atom is -0.497 e. The lowest BCUT2D eigenvalue weighted by Gasteiger charge is -2.33. The molecule has 0 unspecified atom stereocenters. The first kappa shape index (κ1) is 56.2. The van der Waals surface area contributed by atoms with Gasteiger partial charge in [-0.05, 0) is 185 Å². The molecule has 2 aliphatic rings. The Bertz CT molecular complexity index is 2980. The van der Waals surface area contributed by atoms with E-state index in [0.29, 0.717) is 60.0 Å². The van der Waals surface area contributed by atoms with Gasteiger partial charge in [0.1, 0.15) is 28.5 Å². The minimum absolute atomic E-state index is 0.0518. The van der Waals surface area contributed by atoms with Gasteiger partial charge in [-0.25, -0.2) is 18.0 Å². The first-order valence-electron chi connectivity index (χ1n) is 26.7. The number of carbonyl (C=O) groups is 2. The van der Waals surface area contributed by atoms with Gasteiger partial charge < -0.3 is 33.9 Å². The molecule has 1 aliphatic heterocycles. The lowest BCUT2D eigenvalue weighted by atomic mass is 9.79. The normalized spacial score (nSPS) is 16.5. The van der Waals surface area contributed by atoms with E-state index in [9.17, 15) is 9.59 Å². The number of sulfonamides is 1. The number of tetrazole rings is 1. The van der Waals surface area contributed by atoms with Crippen LogP contribution in [0.2, 0.25) is 0 Å². The Labute approximate surface area is 454 Å². The highest BCUT2D eigenvalue weighted by Gasteiger charge is 2.36. The Hall–Kier alpha value is -6.98. The number of nitrogens with zero attached hydrogens (tertiary/aromatic N) is 6. The highest BCUT2D eigenvalue weighted by atomic mass is 32.2. The van der Waals surface area contributed by atoms with Gasteiger partial charge in [-0.1, -0.05) is 72.8 Å². The van der Waals surface area contributed by atoms with E-state index < -0.39 is 27.3 Å². The molecule has 16 nitrogen and oxygen atoms in total. The Balaban J connectivity index is 1.22. The van der Waals surface area contributed by atoms with Crippen LogP contribution in [0.1, 0.15) is 114 Å². The van der Waals surface area contributed by atoms with Crippen LogP contribution in [0.3, 0.4) is 0 Å². The van der Waals surface area contributed by atoms with Gasteiger partial charge in [0.15, 0.2) is 0 Å². The van der Waals surface area contributed by atoms with E-state index in [-0.39, 0.29) is 54.2 Å². The summed E-state index contributed by atoms with van der Waals surface area (Å²) in [6.07, 6.45) is 4.72. The van der Waals surface area contributed by atoms with Gasteiger partial charge in [-0.2, -0.15) is 9.10 Å². The van der Waals surface area contributed by atoms with Crippen molar-refractivity contribution in [3.63, 3.8) is 0 Å². The number of likely N-dealkylation sites (tertiary alicyclic amines) is 1. The fourth-order valence-corrected chi connectivity index (χ4v) is 12.1. The van der Waals surface area contributed by atoms with Crippen molar-refractivity contribution in [1.29, 1.82) is 0 Å². The van der Waals surface area contributed by atoms with Gasteiger partial charge >= 0.3 is 12.2 Å². The summed E-state index contributed by atoms with van der Waals surface area (Å²) < 4.78 is 61.9. The molecule has 0 bridgehead atoms. The monoisotopic (exact) mass is 1070 g/mol. The van der Waals surface area contributed by atoms with Crippen LogP contribution >= 0.6 is 0 Å². The molecule has 2 amide bonds. The molecule has 5 aromatic carbocycles. The van der Waals surface area contributed by atoms with E-state index in [1.54, 1.807) is 26.2 Å². The van der Waals surface area contributed by atoms with Crippen LogP contribution in [-0.4, -0.2) is 102 Å². The molecule has 1 saturated carbocycles. The predicted molar refractivity (Wildman–Crippen MR) is 296 cm³/mol. The van der Waals surface area contributed by atoms with Crippen LogP contribution in [-0.2, 0) is 45.6 Å². The predicted octanol–water partition coefficient (Wildman–Crippen LogP) is 11.5. The quantitative estimate of drug-likeness (QED) is 0.0863. The van der Waals surface area contributed by atoms with Gasteiger partial charge in [0.25, 0.3) is 0 Å². The number of benzene rings is 5. The number of nitrogens with one attached hydrogen (secondary N) is 1. The summed E-state index contributed by atoms with van der Waals surface area (Å²) >= 11 is 0. The third-order valence-corrected chi connectivity index (χ3v) is 16.2. The van der Waals surface area contributed by atoms with Crippen LogP contribution in [0.5, 0.6) is 17.2 Å². The number of amides is 2. The maximum absolute atomic E-state index is 16.4. The van der Waals surface area contributed by atoms with Crippen molar-refractivity contribution in [2.75, 3.05) is 41.0 Å². The molecule has 1 aliphatic carbocycles. The van der Waals surface area contributed by atoms with Crippen molar-refractivity contribution in [3.05, 3.63) is 137 Å². The number of alkyl carbamates (subject to hydrolysis) is 1. The summed E-state index contributed by atoms with van der Waals surface area (Å²) in [5, 5.41) is 17.2. The second-order valence-corrected chi connectivity index (χ2v) is 24.1. The first-order valence-corrected chi connectivity index (χ1v) is 28.1. The van der Waals surface area contributed by atoms with Crippen molar-refractivity contribution in [1.82, 2.24) is 34.7 Å². The molecule has 1 N–H and O–H groups in total. The third-order valence-electron chi connectivity index (χ3n) is 14.3. The van der Waals surface area contributed by atoms with E-state index in [1.165, 1.54) is 9.10 Å². The number of aromatic nitrogens is 4. The Kier molecular flexibility index (Phi) is 17.9. The van der Waals surface area contributed by atoms with Crippen LogP contribution in [0.4, 0.5) is 9.59 Å². The largest absolute Gasteiger partial charge is 0.497 e. The number of ether oxygens (including phenoxy) is 5. The highest BCUT2D eigenvalue weighted by Crippen LogP contribution is 2.43. The SMILES string of the molecule is COc1ccc(CN(Cc2ccc(OC)cc2)S(=O)(=O)c2c(CC3CCC(CNC(=O)OC(C)(C)C)CC3)ccc(-c3ccc(C4CCN(C(=O)OC(C)(C)C)CC4)cc3)c2-c2nnn(Cc3ccc(OC)cc3)n2)cc1. The summed E-state index contributed by atoms with van der Waals surface area (Å²) in [5.41, 5.74) is 4.89. The number of hydrogen-bond donors (Lipinski definition) is 1. The maximum atomic E-state index is 16.4. The molecular formula is C60H75N7O9S. The number of carbonyl (C=O) groups excluding carboxylic acids is 2. The average Bonchev–Trinajstić information content (AvgIpc) is 3.88. The number of rotatable bonds is 18. The summed E-state index contributed by atoms with van der Waals surface area (Å²) in [6.45, 7) is 13.2. The number of hydrogen-bond acceptors (Lipinski definition) is 12. The molecule has 77 heavy (non-hydrogen) atoms. The van der Waals surface area contributed by atoms with Crippen molar-refractivity contribution in [2.24, 2.45) is 11.8 Å². The molecule has 0 spiro atoms. The Morgan fingerprint density at radius 3 is 1.69 bits per heavy atom. The third kappa shape index (κ3) is 14.9. The van der Waals surface area contributed by atoms with E-state index >= 15 is 8.42 Å². The van der Waals surface area contributed by atoms with E-state index in [0.717, 1.165) is 66.3 Å². The average molecular weight is 1070 g/mol. The van der Waals surface area contributed by atoms with Crippen molar-refractivity contribution >= 4 is 22.2 Å². The lowest BCUT2D eigenvalue weighted by Crippen LogP contribution is -2.41. The van der Waals surface area contributed by atoms with E-state index in [2.05, 4.69) is 22.7 Å². The van der Waals surface area contributed by atoms with Crippen molar-refractivity contribution < 1.29 is 41.7 Å². The van der Waals surface area contributed by atoms with Crippen LogP contribution in [0.15, 0.2) is 114 Å². The van der Waals surface area contributed by atoms with Gasteiger partial charge in [0.05, 0.1) is 38.3 Å². The molecule has 1 aromatic heterocycles. The maximum Gasteiger partial charge on any atom is 0.410 e. The topological polar surface area (TPSA) is 177 Å². The van der Waals surface area contributed by atoms with Gasteiger partial charge in [0.2, 0.25) is 15.8 Å². The second kappa shape index (κ2) is 24.6. The molecule has 410 valence electrons. The molecule has 0 radical (unpaired) electrons. The zero-order valence-electron chi connectivity index (χ0n) is 46.1. The Morgan fingerprint density at radius 2 is 1.17 bits per heavy atom. The molecule has 17 heteroatoms. The van der Waals surface area contributed by atoms with Crippen LogP contribution in [0.25, 0.3) is 22.5 Å². The summed E-state index contributed by atoms with van der Waals surface area (Å²) in [7, 11) is 0.391. The fraction of sp³-hybridized carbons (Fsp3) is 0.450. The molecule has 6 aromatic rings. The summed E-state index contributed by atoms with van der Waals surface area (Å²) in [4.78, 5) is 28.9. The van der Waals surface area contributed by atoms with E-state index in [1.807, 2.05) is 139 Å². The molecule has 0 atom stereocenters. The minimum atomic E-state index is -4.43. The molecule has 2 fully saturated rings. The zero-order chi connectivity index (χ0) is 54.9. The molecule has 8 rings (SSSR count). The number of methoxy groups -OCH3 is 3. The van der Waals surface area contributed by atoms with E-state index in [4.69, 9.17) is 33.9 Å². The van der Waals surface area contributed by atoms with Gasteiger partial charge in [-0.3, -0.25) is 0 Å². The Morgan fingerprint density at radius 1 is 0.649 bits per heavy atom. The standard InChI is InChI=1S/C60H75N7O9S/c1-59(2,3)75-57(68)61-37-42-12-10-41(11-13-42)36-49-24-31-53(48-22-20-46(21-23-48)47-32-34-65(35-33-47)58(69)76-60(4,5)6)54(56-62-64-67(63-56)40-45-18-29-52(74-9)30-19-45)55(49)77(70,71)66(38-43-14-25-50(72-7)26-15-43)39-44-16-27-51(73-8)28-17-44/h14-31,41-42,47H,10-13,32-40H2,1-9H3,(H,61,68). The first-order chi connectivity index (χ1) is 36.8. The highest BCUT2D eigenvalue weighted by molar-refractivity contribution is 7.89. The smallest absolute Gasteiger partial charge is 0.410 e. The summed E-state index contributed by atoms with van der Waals surface area (Å²) in [5.74, 6) is 2.84. The van der Waals surface area contributed by atoms with Crippen LogP contribution in [0, 0.1) is 11.8 Å². The molecule has 2 heterocycles. The van der Waals surface area contributed by atoms with Crippen LogP contribution < -0.4 is 19.5 Å². The fourth-order valence-electron chi connectivity index (χ4n) is 10.2. The molecular weight excluding hydrogens is 995 g/mol. The van der Waals surface area contributed by atoms with Gasteiger partial charge in [0, 0.05) is 32.7 Å². The van der Waals surface area contributed by atoms with Crippen molar-refractivity contribution in [2.45, 2.75) is 128 Å². The zero-order valence-corrected chi connectivity index (χ0v) is 46.9. The number of piperidine rings is 1. The van der Waals surface area contributed by atoms with Crippen molar-refractivity contribution in [3.8, 4) is 39.8 Å². The van der Waals surface area contributed by atoms with Gasteiger partial charge in [-0.15, -0.1) is 10.2 Å². The second-order valence-electron chi connectivity index (χ2n) is 22.3.